The van der Waals surface area contributed by atoms with Crippen LogP contribution in [0.4, 0.5) is 0 Å². The first-order valence-electron chi connectivity index (χ1n) is 6.42. The van der Waals surface area contributed by atoms with E-state index in [1.165, 1.54) is 0 Å². The third-order valence-corrected chi connectivity index (χ3v) is 4.28. The van der Waals surface area contributed by atoms with Crippen molar-refractivity contribution in [3.05, 3.63) is 28.2 Å². The molecule has 100 valence electrons. The molecule has 2 atom stereocenters. The van der Waals surface area contributed by atoms with Crippen LogP contribution >= 0.6 is 15.9 Å². The summed E-state index contributed by atoms with van der Waals surface area (Å²) in [5.41, 5.74) is 0.940. The van der Waals surface area contributed by atoms with Crippen LogP contribution in [0.1, 0.15) is 25.3 Å². The first-order valence-corrected chi connectivity index (χ1v) is 7.21. The Balaban J connectivity index is 2.09. The molecule has 1 aromatic rings. The molecule has 0 bridgehead atoms. The lowest BCUT2D eigenvalue weighted by atomic mass is 9.93. The van der Waals surface area contributed by atoms with E-state index in [0.717, 1.165) is 36.0 Å². The van der Waals surface area contributed by atoms with E-state index in [2.05, 4.69) is 27.8 Å². The van der Waals surface area contributed by atoms with E-state index in [9.17, 15) is 10.2 Å². The average Bonchev–Trinajstić information content (AvgIpc) is 2.36. The third-order valence-electron chi connectivity index (χ3n) is 3.78. The molecule has 0 radical (unpaired) electrons. The van der Waals surface area contributed by atoms with Gasteiger partial charge in [0, 0.05) is 35.8 Å². The molecule has 3 nitrogen and oxygen atoms in total. The maximum atomic E-state index is 9.88. The summed E-state index contributed by atoms with van der Waals surface area (Å²) in [6.45, 7) is 4.11. The van der Waals surface area contributed by atoms with Gasteiger partial charge in [-0.2, -0.15) is 0 Å². The number of phenols is 1. The highest BCUT2D eigenvalue weighted by molar-refractivity contribution is 9.10. The van der Waals surface area contributed by atoms with Crippen molar-refractivity contribution in [2.24, 2.45) is 5.92 Å². The van der Waals surface area contributed by atoms with Gasteiger partial charge in [-0.25, -0.2) is 0 Å². The standard InChI is InChI=1S/C14H20BrNO2/c1-10-2-3-11(9-17)7-16(10)8-12-6-13(15)4-5-14(12)18/h4-6,10-11,17-18H,2-3,7-9H2,1H3. The largest absolute Gasteiger partial charge is 0.508 e. The molecule has 1 aliphatic rings. The van der Waals surface area contributed by atoms with E-state index in [0.29, 0.717) is 17.7 Å². The Labute approximate surface area is 117 Å². The fourth-order valence-corrected chi connectivity index (χ4v) is 2.94. The molecule has 2 rings (SSSR count). The van der Waals surface area contributed by atoms with E-state index >= 15 is 0 Å². The van der Waals surface area contributed by atoms with Crippen LogP contribution in [0.5, 0.6) is 5.75 Å². The zero-order valence-corrected chi connectivity index (χ0v) is 12.2. The van der Waals surface area contributed by atoms with E-state index in [1.807, 2.05) is 12.1 Å². The van der Waals surface area contributed by atoms with Crippen LogP contribution in [0.25, 0.3) is 0 Å². The first-order chi connectivity index (χ1) is 8.60. The number of piperidine rings is 1. The van der Waals surface area contributed by atoms with Crippen molar-refractivity contribution < 1.29 is 10.2 Å². The number of hydrogen-bond donors (Lipinski definition) is 2. The van der Waals surface area contributed by atoms with Gasteiger partial charge in [0.1, 0.15) is 5.75 Å². The van der Waals surface area contributed by atoms with Gasteiger partial charge in [-0.05, 0) is 43.9 Å². The molecule has 2 unspecified atom stereocenters. The zero-order chi connectivity index (χ0) is 13.1. The zero-order valence-electron chi connectivity index (χ0n) is 10.6. The Morgan fingerprint density at radius 1 is 1.39 bits per heavy atom. The Kier molecular flexibility index (Phi) is 4.65. The normalized spacial score (nSPS) is 25.3. The van der Waals surface area contributed by atoms with E-state index < -0.39 is 0 Å². The predicted molar refractivity (Wildman–Crippen MR) is 75.5 cm³/mol. The number of nitrogens with zero attached hydrogens (tertiary/aromatic N) is 1. The summed E-state index contributed by atoms with van der Waals surface area (Å²) >= 11 is 3.43. The van der Waals surface area contributed by atoms with E-state index in [-0.39, 0.29) is 6.61 Å². The minimum absolute atomic E-state index is 0.258. The Bertz CT molecular complexity index is 411. The molecular weight excluding hydrogens is 294 g/mol. The molecule has 0 aliphatic carbocycles. The van der Waals surface area contributed by atoms with Crippen LogP contribution in [0.2, 0.25) is 0 Å². The van der Waals surface area contributed by atoms with Gasteiger partial charge in [0.15, 0.2) is 0 Å². The molecule has 0 spiro atoms. The minimum Gasteiger partial charge on any atom is -0.508 e. The molecule has 0 saturated carbocycles. The lowest BCUT2D eigenvalue weighted by Gasteiger charge is -2.37. The first kappa shape index (κ1) is 13.8. The van der Waals surface area contributed by atoms with E-state index in [4.69, 9.17) is 0 Å². The summed E-state index contributed by atoms with van der Waals surface area (Å²) in [5, 5.41) is 19.2. The van der Waals surface area contributed by atoms with Gasteiger partial charge in [-0.1, -0.05) is 15.9 Å². The number of phenolic OH excluding ortho intramolecular Hbond substituents is 1. The SMILES string of the molecule is CC1CCC(CO)CN1Cc1cc(Br)ccc1O. The Morgan fingerprint density at radius 3 is 2.89 bits per heavy atom. The summed E-state index contributed by atoms with van der Waals surface area (Å²) in [5.74, 6) is 0.715. The summed E-state index contributed by atoms with van der Waals surface area (Å²) in [7, 11) is 0. The van der Waals surface area contributed by atoms with Crippen LogP contribution in [0.15, 0.2) is 22.7 Å². The second kappa shape index (κ2) is 6.04. The fraction of sp³-hybridized carbons (Fsp3) is 0.571. The highest BCUT2D eigenvalue weighted by atomic mass is 79.9. The predicted octanol–water partition coefficient (Wildman–Crippen LogP) is 2.75. The third kappa shape index (κ3) is 3.25. The van der Waals surface area contributed by atoms with Gasteiger partial charge in [0.2, 0.25) is 0 Å². The second-order valence-corrected chi connectivity index (χ2v) is 6.09. The molecule has 2 N–H and O–H groups in total. The molecule has 4 heteroatoms. The van der Waals surface area contributed by atoms with Gasteiger partial charge in [-0.15, -0.1) is 0 Å². The van der Waals surface area contributed by atoms with Crippen molar-refractivity contribution in [3.8, 4) is 5.75 Å². The maximum absolute atomic E-state index is 9.88. The molecule has 0 amide bonds. The number of aliphatic hydroxyl groups is 1. The number of halogens is 1. The molecule has 18 heavy (non-hydrogen) atoms. The molecule has 1 fully saturated rings. The molecule has 1 saturated heterocycles. The highest BCUT2D eigenvalue weighted by Gasteiger charge is 2.25. The van der Waals surface area contributed by atoms with Crippen LogP contribution in [0, 0.1) is 5.92 Å². The van der Waals surface area contributed by atoms with Crippen molar-refractivity contribution in [1.29, 1.82) is 0 Å². The molecule has 1 aromatic carbocycles. The average molecular weight is 314 g/mol. The van der Waals surface area contributed by atoms with Crippen molar-refractivity contribution in [2.75, 3.05) is 13.2 Å². The van der Waals surface area contributed by atoms with Crippen molar-refractivity contribution >= 4 is 15.9 Å². The summed E-state index contributed by atoms with van der Waals surface area (Å²) in [4.78, 5) is 2.34. The van der Waals surface area contributed by atoms with Crippen LogP contribution in [-0.4, -0.2) is 34.3 Å². The van der Waals surface area contributed by atoms with E-state index in [1.54, 1.807) is 6.07 Å². The molecule has 1 aliphatic heterocycles. The van der Waals surface area contributed by atoms with Crippen molar-refractivity contribution in [1.82, 2.24) is 4.90 Å². The Morgan fingerprint density at radius 2 is 2.17 bits per heavy atom. The molecular formula is C14H20BrNO2. The maximum Gasteiger partial charge on any atom is 0.120 e. The van der Waals surface area contributed by atoms with Gasteiger partial charge < -0.3 is 10.2 Å². The number of aliphatic hydroxyl groups excluding tert-OH is 1. The number of hydrogen-bond acceptors (Lipinski definition) is 3. The second-order valence-electron chi connectivity index (χ2n) is 5.18. The van der Waals surface area contributed by atoms with Gasteiger partial charge >= 0.3 is 0 Å². The summed E-state index contributed by atoms with van der Waals surface area (Å²) < 4.78 is 0.985. The minimum atomic E-state index is 0.258. The van der Waals surface area contributed by atoms with Gasteiger partial charge in [0.25, 0.3) is 0 Å². The quantitative estimate of drug-likeness (QED) is 0.902. The number of aromatic hydroxyl groups is 1. The topological polar surface area (TPSA) is 43.7 Å². The number of likely N-dealkylation sites (tertiary alicyclic amines) is 1. The fourth-order valence-electron chi connectivity index (χ4n) is 2.53. The lowest BCUT2D eigenvalue weighted by Crippen LogP contribution is -2.42. The van der Waals surface area contributed by atoms with Crippen LogP contribution in [0.3, 0.4) is 0 Å². The molecule has 1 heterocycles. The van der Waals surface area contributed by atoms with Gasteiger partial charge in [0.05, 0.1) is 0 Å². The summed E-state index contributed by atoms with van der Waals surface area (Å²) in [6.07, 6.45) is 2.21. The van der Waals surface area contributed by atoms with Crippen LogP contribution < -0.4 is 0 Å². The van der Waals surface area contributed by atoms with Crippen LogP contribution in [-0.2, 0) is 6.54 Å². The van der Waals surface area contributed by atoms with Gasteiger partial charge in [-0.3, -0.25) is 4.90 Å². The molecule has 0 aromatic heterocycles. The number of benzene rings is 1. The lowest BCUT2D eigenvalue weighted by molar-refractivity contribution is 0.0766. The summed E-state index contributed by atoms with van der Waals surface area (Å²) in [6, 6.07) is 6.03. The smallest absolute Gasteiger partial charge is 0.120 e. The highest BCUT2D eigenvalue weighted by Crippen LogP contribution is 2.28. The monoisotopic (exact) mass is 313 g/mol. The van der Waals surface area contributed by atoms with Crippen molar-refractivity contribution in [3.63, 3.8) is 0 Å². The van der Waals surface area contributed by atoms with Crippen molar-refractivity contribution in [2.45, 2.75) is 32.4 Å². The Hall–Kier alpha value is -0.580. The number of rotatable bonds is 3.